The number of anilines is 1. The number of nitro groups is 1. The van der Waals surface area contributed by atoms with Crippen LogP contribution in [-0.4, -0.2) is 32.7 Å². The largest absolute Gasteiger partial charge is 0.497 e. The van der Waals surface area contributed by atoms with Crippen molar-refractivity contribution < 1.29 is 14.5 Å². The van der Waals surface area contributed by atoms with Gasteiger partial charge in [-0.2, -0.15) is 4.98 Å². The van der Waals surface area contributed by atoms with Crippen molar-refractivity contribution in [3.63, 3.8) is 0 Å². The van der Waals surface area contributed by atoms with Gasteiger partial charge in [-0.15, -0.1) is 5.10 Å². The van der Waals surface area contributed by atoms with Crippen LogP contribution in [0.2, 0.25) is 0 Å². The normalized spacial score (nSPS) is 15.3. The summed E-state index contributed by atoms with van der Waals surface area (Å²) < 4.78 is 6.82. The van der Waals surface area contributed by atoms with E-state index in [0.29, 0.717) is 34.4 Å². The second-order valence-corrected chi connectivity index (χ2v) is 6.71. The van der Waals surface area contributed by atoms with E-state index in [1.165, 1.54) is 12.1 Å². The Bertz CT molecular complexity index is 1180. The summed E-state index contributed by atoms with van der Waals surface area (Å²) in [5.74, 6) is 0.903. The summed E-state index contributed by atoms with van der Waals surface area (Å²) in [4.78, 5) is 27.3. The lowest BCUT2D eigenvalue weighted by atomic mass is 9.95. The molecule has 0 aliphatic carbocycles. The summed E-state index contributed by atoms with van der Waals surface area (Å²) in [5.41, 5.74) is 7.81. The maximum Gasteiger partial charge on any atom is 0.269 e. The van der Waals surface area contributed by atoms with Crippen molar-refractivity contribution in [1.29, 1.82) is 0 Å². The van der Waals surface area contributed by atoms with Crippen LogP contribution < -0.4 is 15.8 Å². The molecular weight excluding hydrogens is 388 g/mol. The standard InChI is InChI=1S/C20H18N6O4/c1-11-16(18(21)27)17(12-6-8-14(9-7-12)26(28)29)25-20(22-11)23-19(24-25)13-4-3-5-15(10-13)30-2/h3-10,17H,1-2H3,(H2,21,27)(H,22,23,24). The van der Waals surface area contributed by atoms with Gasteiger partial charge in [-0.25, -0.2) is 4.68 Å². The van der Waals surface area contributed by atoms with E-state index in [1.54, 1.807) is 36.9 Å². The van der Waals surface area contributed by atoms with E-state index >= 15 is 0 Å². The third-order valence-electron chi connectivity index (χ3n) is 4.87. The second kappa shape index (κ2) is 7.32. The zero-order valence-corrected chi connectivity index (χ0v) is 16.2. The smallest absolute Gasteiger partial charge is 0.269 e. The third kappa shape index (κ3) is 3.24. The number of nitrogens with two attached hydrogens (primary N) is 1. The number of nitro benzene ring substituents is 1. The van der Waals surface area contributed by atoms with Crippen molar-refractivity contribution >= 4 is 17.5 Å². The summed E-state index contributed by atoms with van der Waals surface area (Å²) in [5, 5.41) is 18.7. The molecule has 2 aromatic carbocycles. The molecule has 152 valence electrons. The van der Waals surface area contributed by atoms with Crippen LogP contribution in [0.1, 0.15) is 18.5 Å². The molecule has 10 nitrogen and oxygen atoms in total. The number of carbonyl (C=O) groups is 1. The number of primary amides is 1. The van der Waals surface area contributed by atoms with Gasteiger partial charge in [0.05, 0.1) is 17.6 Å². The minimum Gasteiger partial charge on any atom is -0.497 e. The maximum atomic E-state index is 12.2. The molecule has 30 heavy (non-hydrogen) atoms. The number of ether oxygens (including phenoxy) is 1. The Labute approximate surface area is 171 Å². The third-order valence-corrected chi connectivity index (χ3v) is 4.87. The first kappa shape index (κ1) is 19.1. The van der Waals surface area contributed by atoms with Gasteiger partial charge < -0.3 is 15.8 Å². The lowest BCUT2D eigenvalue weighted by Crippen LogP contribution is -2.31. The van der Waals surface area contributed by atoms with Gasteiger partial charge in [0, 0.05) is 23.4 Å². The number of hydrogen-bond acceptors (Lipinski definition) is 7. The van der Waals surface area contributed by atoms with Crippen molar-refractivity contribution in [2.45, 2.75) is 13.0 Å². The molecule has 4 rings (SSSR count). The fraction of sp³-hybridized carbons (Fsp3) is 0.150. The van der Waals surface area contributed by atoms with E-state index in [4.69, 9.17) is 10.5 Å². The number of benzene rings is 2. The van der Waals surface area contributed by atoms with Crippen LogP contribution in [-0.2, 0) is 4.79 Å². The number of amides is 1. The highest BCUT2D eigenvalue weighted by Crippen LogP contribution is 2.36. The number of fused-ring (bicyclic) bond motifs is 1. The molecule has 1 aliphatic heterocycles. The molecule has 1 amide bonds. The van der Waals surface area contributed by atoms with Crippen LogP contribution in [0.3, 0.4) is 0 Å². The van der Waals surface area contributed by atoms with Gasteiger partial charge in [0.2, 0.25) is 11.9 Å². The van der Waals surface area contributed by atoms with E-state index in [-0.39, 0.29) is 5.69 Å². The molecule has 1 unspecified atom stereocenters. The van der Waals surface area contributed by atoms with Gasteiger partial charge in [-0.1, -0.05) is 12.1 Å². The molecule has 3 N–H and O–H groups in total. The first-order chi connectivity index (χ1) is 14.4. The number of methoxy groups -OCH3 is 1. The van der Waals surface area contributed by atoms with Gasteiger partial charge in [0.25, 0.3) is 5.69 Å². The first-order valence-electron chi connectivity index (χ1n) is 9.02. The van der Waals surface area contributed by atoms with Crippen molar-refractivity contribution in [2.24, 2.45) is 5.73 Å². The van der Waals surface area contributed by atoms with E-state index < -0.39 is 16.9 Å². The molecule has 0 radical (unpaired) electrons. The van der Waals surface area contributed by atoms with Gasteiger partial charge in [-0.05, 0) is 36.8 Å². The molecule has 1 aromatic heterocycles. The Balaban J connectivity index is 1.84. The van der Waals surface area contributed by atoms with Crippen LogP contribution in [0.25, 0.3) is 11.4 Å². The Morgan fingerprint density at radius 1 is 1.27 bits per heavy atom. The number of nitrogens with zero attached hydrogens (tertiary/aromatic N) is 4. The van der Waals surface area contributed by atoms with Crippen molar-refractivity contribution in [1.82, 2.24) is 14.8 Å². The average Bonchev–Trinajstić information content (AvgIpc) is 3.16. The fourth-order valence-electron chi connectivity index (χ4n) is 3.44. The number of hydrogen-bond donors (Lipinski definition) is 2. The van der Waals surface area contributed by atoms with E-state index in [1.807, 2.05) is 18.2 Å². The Morgan fingerprint density at radius 3 is 2.63 bits per heavy atom. The minimum atomic E-state index is -0.675. The van der Waals surface area contributed by atoms with Crippen LogP contribution in [0.4, 0.5) is 11.6 Å². The zero-order chi connectivity index (χ0) is 21.4. The number of aromatic nitrogens is 3. The lowest BCUT2D eigenvalue weighted by Gasteiger charge is -2.27. The van der Waals surface area contributed by atoms with Crippen molar-refractivity contribution in [2.75, 3.05) is 12.4 Å². The summed E-state index contributed by atoms with van der Waals surface area (Å²) >= 11 is 0. The SMILES string of the molecule is COc1cccc(-c2nc3n(n2)C(c2ccc([N+](=O)[O-])cc2)C(C(N)=O)=C(C)N3)c1. The Hall–Kier alpha value is -4.21. The number of nitrogens with one attached hydrogen (secondary N) is 1. The van der Waals surface area contributed by atoms with Crippen LogP contribution in [0.5, 0.6) is 5.75 Å². The molecule has 0 bridgehead atoms. The number of allylic oxidation sites excluding steroid dienone is 1. The molecule has 0 spiro atoms. The molecule has 3 aromatic rings. The van der Waals surface area contributed by atoms with Crippen LogP contribution in [0, 0.1) is 10.1 Å². The van der Waals surface area contributed by atoms with E-state index in [0.717, 1.165) is 5.56 Å². The van der Waals surface area contributed by atoms with Crippen molar-refractivity contribution in [3.05, 3.63) is 75.5 Å². The summed E-state index contributed by atoms with van der Waals surface area (Å²) in [6, 6.07) is 12.5. The fourth-order valence-corrected chi connectivity index (χ4v) is 3.44. The van der Waals surface area contributed by atoms with Gasteiger partial charge in [0.1, 0.15) is 11.8 Å². The summed E-state index contributed by atoms with van der Waals surface area (Å²) in [6.45, 7) is 1.72. The van der Waals surface area contributed by atoms with E-state index in [2.05, 4.69) is 15.4 Å². The number of non-ortho nitro benzene ring substituents is 1. The zero-order valence-electron chi connectivity index (χ0n) is 16.2. The van der Waals surface area contributed by atoms with E-state index in [9.17, 15) is 14.9 Å². The molecule has 1 aliphatic rings. The van der Waals surface area contributed by atoms with Crippen LogP contribution >= 0.6 is 0 Å². The highest BCUT2D eigenvalue weighted by molar-refractivity contribution is 5.95. The molecular formula is C20H18N6O4. The first-order valence-corrected chi connectivity index (χ1v) is 9.02. The molecule has 0 saturated heterocycles. The average molecular weight is 406 g/mol. The Morgan fingerprint density at radius 2 is 2.00 bits per heavy atom. The molecule has 10 heteroatoms. The molecule has 2 heterocycles. The van der Waals surface area contributed by atoms with Gasteiger partial charge in [0.15, 0.2) is 5.82 Å². The maximum absolute atomic E-state index is 12.2. The minimum absolute atomic E-state index is 0.0510. The van der Waals surface area contributed by atoms with Gasteiger partial charge >= 0.3 is 0 Å². The lowest BCUT2D eigenvalue weighted by molar-refractivity contribution is -0.384. The predicted octanol–water partition coefficient (Wildman–Crippen LogP) is 2.64. The topological polar surface area (TPSA) is 138 Å². The Kier molecular flexibility index (Phi) is 4.66. The predicted molar refractivity (Wildman–Crippen MR) is 109 cm³/mol. The monoisotopic (exact) mass is 406 g/mol. The number of carbonyl (C=O) groups excluding carboxylic acids is 1. The van der Waals surface area contributed by atoms with Crippen molar-refractivity contribution in [3.8, 4) is 17.1 Å². The quantitative estimate of drug-likeness (QED) is 0.490. The molecule has 1 atom stereocenters. The highest BCUT2D eigenvalue weighted by atomic mass is 16.6. The van der Waals surface area contributed by atoms with Crippen LogP contribution in [0.15, 0.2) is 59.8 Å². The number of rotatable bonds is 5. The highest BCUT2D eigenvalue weighted by Gasteiger charge is 2.33. The summed E-state index contributed by atoms with van der Waals surface area (Å²) in [6.07, 6.45) is 0. The summed E-state index contributed by atoms with van der Waals surface area (Å²) in [7, 11) is 1.57. The van der Waals surface area contributed by atoms with Gasteiger partial charge in [-0.3, -0.25) is 14.9 Å². The second-order valence-electron chi connectivity index (χ2n) is 6.71. The molecule has 0 saturated carbocycles. The molecule has 0 fully saturated rings.